The Hall–Kier alpha value is -3.41. The van der Waals surface area contributed by atoms with Crippen molar-refractivity contribution in [2.45, 2.75) is 46.6 Å². The van der Waals surface area contributed by atoms with Gasteiger partial charge in [-0.3, -0.25) is 4.79 Å². The number of thiophene rings is 1. The number of hydrogen-bond acceptors (Lipinski definition) is 4. The molecule has 1 aliphatic rings. The first-order valence-corrected chi connectivity index (χ1v) is 14.5. The van der Waals surface area contributed by atoms with E-state index in [4.69, 9.17) is 21.3 Å². The van der Waals surface area contributed by atoms with E-state index in [1.54, 1.807) is 11.3 Å². The van der Waals surface area contributed by atoms with Gasteiger partial charge in [-0.15, -0.1) is 11.3 Å². The quantitative estimate of drug-likeness (QED) is 0.231. The van der Waals surface area contributed by atoms with Gasteiger partial charge in [-0.25, -0.2) is 4.99 Å². The van der Waals surface area contributed by atoms with Crippen molar-refractivity contribution in [3.05, 3.63) is 111 Å². The summed E-state index contributed by atoms with van der Waals surface area (Å²) in [5.41, 5.74) is 4.85. The first-order chi connectivity index (χ1) is 18.8. The van der Waals surface area contributed by atoms with E-state index in [2.05, 4.69) is 26.1 Å². The topological polar surface area (TPSA) is 50.7 Å². The van der Waals surface area contributed by atoms with Gasteiger partial charge >= 0.3 is 0 Å². The highest BCUT2D eigenvalue weighted by molar-refractivity contribution is 7.16. The van der Waals surface area contributed by atoms with E-state index in [0.717, 1.165) is 52.4 Å². The number of carbonyl (C=O) groups is 1. The second-order valence-electron chi connectivity index (χ2n) is 11.1. The molecule has 1 atom stereocenters. The van der Waals surface area contributed by atoms with Crippen LogP contribution in [0.15, 0.2) is 83.9 Å². The first kappa shape index (κ1) is 27.2. The molecule has 0 fully saturated rings. The van der Waals surface area contributed by atoms with Crippen molar-refractivity contribution in [3.63, 3.8) is 0 Å². The molecule has 6 heteroatoms. The maximum atomic E-state index is 13.5. The number of ether oxygens (including phenoxy) is 1. The number of nitrogens with zero attached hydrogens (tertiary/aromatic N) is 1. The van der Waals surface area contributed by atoms with E-state index in [0.29, 0.717) is 23.1 Å². The molecule has 0 radical (unpaired) electrons. The summed E-state index contributed by atoms with van der Waals surface area (Å²) in [5, 5.41) is 4.55. The summed E-state index contributed by atoms with van der Waals surface area (Å²) in [5.74, 6) is 1.27. The number of carbonyl (C=O) groups excluding carboxylic acids is 1. The Balaban J connectivity index is 1.36. The van der Waals surface area contributed by atoms with Crippen LogP contribution in [0.2, 0.25) is 5.02 Å². The van der Waals surface area contributed by atoms with Gasteiger partial charge in [-0.2, -0.15) is 0 Å². The Morgan fingerprint density at radius 3 is 2.56 bits per heavy atom. The standard InChI is InChI=1S/C33H33ClN2O2S/c1-33(2,3)24-14-17-28-29(19-24)39-32(30(28)31(37)36-26-10-5-4-6-11-26)35-20-22-12-15-27(16-13-22)38-21-23-8-7-9-25(34)18-23/h4-13,15-16,18,20,24H,14,17,19,21H2,1-3H3,(H,36,37)/t24-/m1/s1. The number of halogens is 1. The Bertz CT molecular complexity index is 1470. The van der Waals surface area contributed by atoms with Gasteiger partial charge in [0.2, 0.25) is 0 Å². The monoisotopic (exact) mass is 556 g/mol. The highest BCUT2D eigenvalue weighted by Crippen LogP contribution is 2.45. The van der Waals surface area contributed by atoms with Gasteiger partial charge in [0.05, 0.1) is 5.56 Å². The van der Waals surface area contributed by atoms with Crippen molar-refractivity contribution in [1.82, 2.24) is 0 Å². The minimum atomic E-state index is -0.0928. The maximum Gasteiger partial charge on any atom is 0.259 e. The van der Waals surface area contributed by atoms with Crippen molar-refractivity contribution in [1.29, 1.82) is 0 Å². The summed E-state index contributed by atoms with van der Waals surface area (Å²) in [7, 11) is 0. The average molecular weight is 557 g/mol. The van der Waals surface area contributed by atoms with Crippen LogP contribution in [-0.2, 0) is 19.4 Å². The maximum absolute atomic E-state index is 13.5. The fraction of sp³-hybridized carbons (Fsp3) is 0.273. The summed E-state index contributed by atoms with van der Waals surface area (Å²) < 4.78 is 5.91. The molecular weight excluding hydrogens is 524 g/mol. The summed E-state index contributed by atoms with van der Waals surface area (Å²) in [4.78, 5) is 19.6. The molecular formula is C33H33ClN2O2S. The Morgan fingerprint density at radius 2 is 1.85 bits per heavy atom. The Kier molecular flexibility index (Phi) is 8.20. The van der Waals surface area contributed by atoms with Gasteiger partial charge in [0.1, 0.15) is 17.4 Å². The van der Waals surface area contributed by atoms with Crippen LogP contribution in [0.5, 0.6) is 5.75 Å². The number of anilines is 1. The molecule has 4 aromatic rings. The molecule has 200 valence electrons. The third-order valence-electron chi connectivity index (χ3n) is 7.24. The molecule has 0 bridgehead atoms. The fourth-order valence-corrected chi connectivity index (χ4v) is 6.41. The van der Waals surface area contributed by atoms with Gasteiger partial charge in [0.15, 0.2) is 0 Å². The van der Waals surface area contributed by atoms with Crippen molar-refractivity contribution >= 4 is 45.7 Å². The van der Waals surface area contributed by atoms with Crippen LogP contribution in [0, 0.1) is 11.3 Å². The minimum absolute atomic E-state index is 0.0928. The van der Waals surface area contributed by atoms with Gasteiger partial charge in [0.25, 0.3) is 5.91 Å². The van der Waals surface area contributed by atoms with Gasteiger partial charge in [-0.1, -0.05) is 62.7 Å². The molecule has 1 N–H and O–H groups in total. The van der Waals surface area contributed by atoms with Crippen LogP contribution in [0.3, 0.4) is 0 Å². The van der Waals surface area contributed by atoms with E-state index >= 15 is 0 Å². The number of amides is 1. The number of para-hydroxylation sites is 1. The predicted molar refractivity (Wildman–Crippen MR) is 163 cm³/mol. The molecule has 0 saturated heterocycles. The highest BCUT2D eigenvalue weighted by Gasteiger charge is 2.33. The largest absolute Gasteiger partial charge is 0.489 e. The number of benzene rings is 3. The first-order valence-electron chi connectivity index (χ1n) is 13.3. The number of rotatable bonds is 7. The normalized spacial score (nSPS) is 15.2. The summed E-state index contributed by atoms with van der Waals surface area (Å²) >= 11 is 7.73. The van der Waals surface area contributed by atoms with Crippen molar-refractivity contribution in [2.75, 3.05) is 5.32 Å². The average Bonchev–Trinajstić information content (AvgIpc) is 3.29. The number of aliphatic imine (C=N–C) groups is 1. The number of fused-ring (bicyclic) bond motifs is 1. The molecule has 1 aliphatic carbocycles. The second kappa shape index (κ2) is 11.8. The van der Waals surface area contributed by atoms with E-state index in [1.807, 2.05) is 85.1 Å². The van der Waals surface area contributed by atoms with Gasteiger partial charge in [0, 0.05) is 21.8 Å². The zero-order chi connectivity index (χ0) is 27.4. The third kappa shape index (κ3) is 6.78. The highest BCUT2D eigenvalue weighted by atomic mass is 35.5. The molecule has 0 saturated carbocycles. The molecule has 1 amide bonds. The summed E-state index contributed by atoms with van der Waals surface area (Å²) in [6.07, 6.45) is 4.81. The lowest BCUT2D eigenvalue weighted by atomic mass is 9.72. The lowest BCUT2D eigenvalue weighted by Gasteiger charge is -2.33. The zero-order valence-electron chi connectivity index (χ0n) is 22.5. The Morgan fingerprint density at radius 1 is 1.08 bits per heavy atom. The Labute approximate surface area is 239 Å². The molecule has 0 spiro atoms. The molecule has 4 nitrogen and oxygen atoms in total. The van der Waals surface area contributed by atoms with Crippen LogP contribution in [0.1, 0.15) is 59.1 Å². The van der Waals surface area contributed by atoms with E-state index < -0.39 is 0 Å². The lowest BCUT2D eigenvalue weighted by molar-refractivity contribution is 0.102. The summed E-state index contributed by atoms with van der Waals surface area (Å²) in [6, 6.07) is 25.1. The molecule has 3 aromatic carbocycles. The van der Waals surface area contributed by atoms with Gasteiger partial charge in [-0.05, 0) is 95.8 Å². The van der Waals surface area contributed by atoms with Crippen molar-refractivity contribution in [3.8, 4) is 5.75 Å². The zero-order valence-corrected chi connectivity index (χ0v) is 24.1. The smallest absolute Gasteiger partial charge is 0.259 e. The lowest BCUT2D eigenvalue weighted by Crippen LogP contribution is -2.27. The van der Waals surface area contributed by atoms with Crippen LogP contribution in [-0.4, -0.2) is 12.1 Å². The molecule has 5 rings (SSSR count). The third-order valence-corrected chi connectivity index (χ3v) is 8.63. The minimum Gasteiger partial charge on any atom is -0.489 e. The van der Waals surface area contributed by atoms with Crippen molar-refractivity contribution < 1.29 is 9.53 Å². The SMILES string of the molecule is CC(C)(C)[C@@H]1CCc2c(sc(N=Cc3ccc(OCc4cccc(Cl)c4)cc3)c2C(=O)Nc2ccccc2)C1. The molecule has 0 aliphatic heterocycles. The summed E-state index contributed by atoms with van der Waals surface area (Å²) in [6.45, 7) is 7.37. The molecule has 1 heterocycles. The van der Waals surface area contributed by atoms with E-state index in [-0.39, 0.29) is 11.3 Å². The fourth-order valence-electron chi connectivity index (χ4n) is 4.93. The number of hydrogen-bond donors (Lipinski definition) is 1. The van der Waals surface area contributed by atoms with Crippen LogP contribution >= 0.6 is 22.9 Å². The van der Waals surface area contributed by atoms with Crippen LogP contribution in [0.25, 0.3) is 0 Å². The van der Waals surface area contributed by atoms with Crippen LogP contribution in [0.4, 0.5) is 10.7 Å². The van der Waals surface area contributed by atoms with Crippen molar-refractivity contribution in [2.24, 2.45) is 16.3 Å². The number of nitrogens with one attached hydrogen (secondary N) is 1. The second-order valence-corrected chi connectivity index (χ2v) is 12.6. The predicted octanol–water partition coefficient (Wildman–Crippen LogP) is 9.13. The van der Waals surface area contributed by atoms with Crippen LogP contribution < -0.4 is 10.1 Å². The van der Waals surface area contributed by atoms with Gasteiger partial charge < -0.3 is 10.1 Å². The molecule has 0 unspecified atom stereocenters. The van der Waals surface area contributed by atoms with E-state index in [9.17, 15) is 4.79 Å². The molecule has 39 heavy (non-hydrogen) atoms. The van der Waals surface area contributed by atoms with E-state index in [1.165, 1.54) is 4.88 Å². The molecule has 1 aromatic heterocycles.